The van der Waals surface area contributed by atoms with E-state index in [2.05, 4.69) is 89.0 Å². The molecule has 162 valence electrons. The fourth-order valence-corrected chi connectivity index (χ4v) is 5.72. The molecule has 3 heterocycles. The standard InChI is InChI=1S/C28H29N3S/c1-16(2)22-13-20(12-19-9-7-17(3)31-24(19)22)25-27-26(30-15-29-25)21-10-8-18(11-23(21)32-27)14-28(4,5)6/h7-13,15-16H,14H2,1-6H3. The van der Waals surface area contributed by atoms with Gasteiger partial charge < -0.3 is 0 Å². The Labute approximate surface area is 193 Å². The molecule has 0 amide bonds. The second kappa shape index (κ2) is 7.63. The van der Waals surface area contributed by atoms with E-state index in [9.17, 15) is 0 Å². The Balaban J connectivity index is 1.73. The summed E-state index contributed by atoms with van der Waals surface area (Å²) in [6.07, 6.45) is 2.77. The minimum absolute atomic E-state index is 0.264. The monoisotopic (exact) mass is 439 g/mol. The summed E-state index contributed by atoms with van der Waals surface area (Å²) in [5, 5.41) is 2.38. The molecule has 0 saturated heterocycles. The number of hydrogen-bond acceptors (Lipinski definition) is 4. The largest absolute Gasteiger partial charge is 0.253 e. The first-order chi connectivity index (χ1) is 15.2. The Morgan fingerprint density at radius 2 is 1.75 bits per heavy atom. The van der Waals surface area contributed by atoms with E-state index >= 15 is 0 Å². The Kier molecular flexibility index (Phi) is 5.01. The highest BCUT2D eigenvalue weighted by Crippen LogP contribution is 2.40. The van der Waals surface area contributed by atoms with Crippen molar-refractivity contribution in [1.82, 2.24) is 15.0 Å². The molecule has 0 spiro atoms. The predicted octanol–water partition coefficient (Wildman–Crippen LogP) is 8.08. The first-order valence-electron chi connectivity index (χ1n) is 11.3. The second-order valence-corrected chi connectivity index (χ2v) is 11.4. The van der Waals surface area contributed by atoms with Gasteiger partial charge in [-0.05, 0) is 60.1 Å². The summed E-state index contributed by atoms with van der Waals surface area (Å²) in [6, 6.07) is 15.6. The van der Waals surface area contributed by atoms with Crippen LogP contribution in [0.5, 0.6) is 0 Å². The van der Waals surface area contributed by atoms with Gasteiger partial charge in [-0.25, -0.2) is 9.97 Å². The zero-order valence-corrected chi connectivity index (χ0v) is 20.5. The molecule has 0 fully saturated rings. The Bertz CT molecular complexity index is 1470. The van der Waals surface area contributed by atoms with Gasteiger partial charge >= 0.3 is 0 Å². The van der Waals surface area contributed by atoms with Crippen molar-refractivity contribution in [1.29, 1.82) is 0 Å². The third-order valence-electron chi connectivity index (χ3n) is 5.91. The van der Waals surface area contributed by atoms with Gasteiger partial charge in [0.15, 0.2) is 0 Å². The SMILES string of the molecule is Cc1ccc2cc(-c3ncnc4c3sc3cc(CC(C)(C)C)ccc34)cc(C(C)C)c2n1. The van der Waals surface area contributed by atoms with Gasteiger partial charge in [-0.2, -0.15) is 0 Å². The van der Waals surface area contributed by atoms with Crippen LogP contribution >= 0.6 is 11.3 Å². The van der Waals surface area contributed by atoms with Crippen LogP contribution in [0.3, 0.4) is 0 Å². The number of fused-ring (bicyclic) bond motifs is 4. The smallest absolute Gasteiger partial charge is 0.116 e. The van der Waals surface area contributed by atoms with Crippen LogP contribution in [0.2, 0.25) is 0 Å². The van der Waals surface area contributed by atoms with Crippen molar-refractivity contribution in [3.05, 3.63) is 65.6 Å². The maximum absolute atomic E-state index is 4.84. The van der Waals surface area contributed by atoms with Gasteiger partial charge in [0.2, 0.25) is 0 Å². The highest BCUT2D eigenvalue weighted by molar-refractivity contribution is 7.26. The molecule has 5 rings (SSSR count). The van der Waals surface area contributed by atoms with Crippen molar-refractivity contribution < 1.29 is 0 Å². The molecule has 4 heteroatoms. The first kappa shape index (κ1) is 21.0. The molecule has 0 atom stereocenters. The van der Waals surface area contributed by atoms with Crippen molar-refractivity contribution in [3.8, 4) is 11.3 Å². The number of aryl methyl sites for hydroxylation is 1. The summed E-state index contributed by atoms with van der Waals surface area (Å²) in [5.74, 6) is 0.381. The summed E-state index contributed by atoms with van der Waals surface area (Å²) >= 11 is 1.80. The minimum atomic E-state index is 0.264. The van der Waals surface area contributed by atoms with Crippen molar-refractivity contribution in [3.63, 3.8) is 0 Å². The summed E-state index contributed by atoms with van der Waals surface area (Å²) in [5.41, 5.74) is 8.25. The molecule has 0 unspecified atom stereocenters. The normalized spacial score (nSPS) is 12.5. The lowest BCUT2D eigenvalue weighted by Crippen LogP contribution is -2.08. The molecule has 3 aromatic heterocycles. The average molecular weight is 440 g/mol. The van der Waals surface area contributed by atoms with E-state index in [4.69, 9.17) is 9.97 Å². The van der Waals surface area contributed by atoms with Gasteiger partial charge in [-0.15, -0.1) is 11.3 Å². The van der Waals surface area contributed by atoms with E-state index in [0.29, 0.717) is 5.92 Å². The van der Waals surface area contributed by atoms with Gasteiger partial charge in [-0.3, -0.25) is 4.98 Å². The zero-order chi connectivity index (χ0) is 22.6. The van der Waals surface area contributed by atoms with Gasteiger partial charge in [0, 0.05) is 26.7 Å². The molecule has 0 radical (unpaired) electrons. The topological polar surface area (TPSA) is 38.7 Å². The van der Waals surface area contributed by atoms with E-state index in [1.165, 1.54) is 21.2 Å². The Hall–Kier alpha value is -2.85. The second-order valence-electron chi connectivity index (χ2n) is 10.3. The highest BCUT2D eigenvalue weighted by atomic mass is 32.1. The van der Waals surface area contributed by atoms with Crippen LogP contribution in [0.15, 0.2) is 48.8 Å². The fraction of sp³-hybridized carbons (Fsp3) is 0.321. The van der Waals surface area contributed by atoms with Crippen molar-refractivity contribution in [2.45, 2.75) is 53.9 Å². The molecule has 0 saturated carbocycles. The van der Waals surface area contributed by atoms with Gasteiger partial charge in [0.05, 0.1) is 21.4 Å². The van der Waals surface area contributed by atoms with E-state index in [0.717, 1.165) is 44.5 Å². The minimum Gasteiger partial charge on any atom is -0.253 e. The lowest BCUT2D eigenvalue weighted by atomic mass is 9.88. The Morgan fingerprint density at radius 1 is 0.938 bits per heavy atom. The van der Waals surface area contributed by atoms with E-state index in [1.807, 2.05) is 0 Å². The van der Waals surface area contributed by atoms with Crippen LogP contribution in [0.25, 0.3) is 42.5 Å². The quantitative estimate of drug-likeness (QED) is 0.285. The fourth-order valence-electron chi connectivity index (χ4n) is 4.48. The van der Waals surface area contributed by atoms with Crippen LogP contribution in [0.4, 0.5) is 0 Å². The van der Waals surface area contributed by atoms with E-state index in [-0.39, 0.29) is 5.41 Å². The number of nitrogens with zero attached hydrogens (tertiary/aromatic N) is 3. The molecule has 0 aliphatic heterocycles. The molecule has 0 aliphatic rings. The zero-order valence-electron chi connectivity index (χ0n) is 19.7. The molecule has 3 nitrogen and oxygen atoms in total. The number of rotatable bonds is 3. The van der Waals surface area contributed by atoms with E-state index in [1.54, 1.807) is 17.7 Å². The summed E-state index contributed by atoms with van der Waals surface area (Å²) in [7, 11) is 0. The molecule has 32 heavy (non-hydrogen) atoms. The summed E-state index contributed by atoms with van der Waals surface area (Å²) < 4.78 is 2.44. The number of hydrogen-bond donors (Lipinski definition) is 0. The number of benzene rings is 2. The molecular weight excluding hydrogens is 410 g/mol. The maximum atomic E-state index is 4.84. The molecule has 5 aromatic rings. The number of aromatic nitrogens is 3. The lowest BCUT2D eigenvalue weighted by Gasteiger charge is -2.17. The van der Waals surface area contributed by atoms with Gasteiger partial charge in [-0.1, -0.05) is 52.8 Å². The molecule has 0 aliphatic carbocycles. The number of thiophene rings is 1. The summed E-state index contributed by atoms with van der Waals surface area (Å²) in [6.45, 7) is 13.4. The van der Waals surface area contributed by atoms with Crippen LogP contribution < -0.4 is 0 Å². The van der Waals surface area contributed by atoms with Gasteiger partial charge in [0.25, 0.3) is 0 Å². The van der Waals surface area contributed by atoms with Gasteiger partial charge in [0.1, 0.15) is 6.33 Å². The molecule has 0 N–H and O–H groups in total. The van der Waals surface area contributed by atoms with E-state index < -0.39 is 0 Å². The third kappa shape index (κ3) is 3.77. The van der Waals surface area contributed by atoms with Crippen LogP contribution in [-0.4, -0.2) is 15.0 Å². The first-order valence-corrected chi connectivity index (χ1v) is 12.1. The van der Waals surface area contributed by atoms with Crippen LogP contribution in [0.1, 0.15) is 57.4 Å². The third-order valence-corrected chi connectivity index (χ3v) is 7.06. The molecular formula is C28H29N3S. The van der Waals surface area contributed by atoms with Crippen LogP contribution in [0, 0.1) is 12.3 Å². The molecule has 0 bridgehead atoms. The van der Waals surface area contributed by atoms with Crippen molar-refractivity contribution >= 4 is 42.5 Å². The maximum Gasteiger partial charge on any atom is 0.116 e. The highest BCUT2D eigenvalue weighted by Gasteiger charge is 2.17. The van der Waals surface area contributed by atoms with Crippen molar-refractivity contribution in [2.24, 2.45) is 5.41 Å². The average Bonchev–Trinajstić information content (AvgIpc) is 3.09. The predicted molar refractivity (Wildman–Crippen MR) is 138 cm³/mol. The molecule has 2 aromatic carbocycles. The van der Waals surface area contributed by atoms with Crippen molar-refractivity contribution in [2.75, 3.05) is 0 Å². The number of pyridine rings is 1. The lowest BCUT2D eigenvalue weighted by molar-refractivity contribution is 0.411. The summed E-state index contributed by atoms with van der Waals surface area (Å²) in [4.78, 5) is 14.3. The Morgan fingerprint density at radius 3 is 2.50 bits per heavy atom. The van der Waals surface area contributed by atoms with Crippen LogP contribution in [-0.2, 0) is 6.42 Å².